The molecule has 0 aliphatic heterocycles. The number of ketones is 1. The zero-order valence-corrected chi connectivity index (χ0v) is 8.60. The van der Waals surface area contributed by atoms with Crippen LogP contribution in [0, 0.1) is 5.92 Å². The van der Waals surface area contributed by atoms with Crippen LogP contribution in [0.5, 0.6) is 0 Å². The van der Waals surface area contributed by atoms with Gasteiger partial charge in [-0.3, -0.25) is 4.79 Å². The zero-order valence-electron chi connectivity index (χ0n) is 8.60. The summed E-state index contributed by atoms with van der Waals surface area (Å²) >= 11 is 0. The maximum atomic E-state index is 10.3. The Morgan fingerprint density at radius 3 is 1.58 bits per heavy atom. The molecule has 1 N–H and O–H groups in total. The van der Waals surface area contributed by atoms with E-state index in [1.165, 1.54) is 6.92 Å². The summed E-state index contributed by atoms with van der Waals surface area (Å²) in [7, 11) is 1.60. The van der Waals surface area contributed by atoms with Crippen LogP contribution in [-0.2, 0) is 9.59 Å². The first-order chi connectivity index (χ1) is 5.40. The molecule has 0 atom stereocenters. The van der Waals surface area contributed by atoms with Crippen LogP contribution in [0.25, 0.3) is 0 Å². The molecule has 3 nitrogen and oxygen atoms in total. The average Bonchev–Trinajstić information content (AvgIpc) is 1.85. The molecular formula is C9H19NO2. The van der Waals surface area contributed by atoms with Crippen LogP contribution < -0.4 is 5.32 Å². The molecule has 1 amide bonds. The molecule has 0 radical (unpaired) electrons. The van der Waals surface area contributed by atoms with E-state index in [4.69, 9.17) is 0 Å². The summed E-state index contributed by atoms with van der Waals surface area (Å²) in [5, 5.41) is 2.39. The Morgan fingerprint density at radius 1 is 1.25 bits per heavy atom. The molecule has 0 aromatic rings. The molecule has 0 aliphatic carbocycles. The predicted octanol–water partition coefficient (Wildman–Crippen LogP) is 1.37. The van der Waals surface area contributed by atoms with Crippen molar-refractivity contribution < 1.29 is 9.59 Å². The van der Waals surface area contributed by atoms with E-state index in [2.05, 4.69) is 5.32 Å². The van der Waals surface area contributed by atoms with Crippen LogP contribution >= 0.6 is 0 Å². The predicted molar refractivity (Wildman–Crippen MR) is 49.9 cm³/mol. The van der Waals surface area contributed by atoms with E-state index in [9.17, 15) is 9.59 Å². The van der Waals surface area contributed by atoms with Crippen molar-refractivity contribution in [2.24, 2.45) is 5.92 Å². The third-order valence-corrected chi connectivity index (χ3v) is 1.05. The number of Topliss-reactive ketones (excluding diaryl/α,β-unsaturated/α-hetero) is 1. The van der Waals surface area contributed by atoms with Gasteiger partial charge in [0.05, 0.1) is 0 Å². The van der Waals surface area contributed by atoms with Crippen LogP contribution in [-0.4, -0.2) is 18.7 Å². The van der Waals surface area contributed by atoms with Crippen molar-refractivity contribution in [3.05, 3.63) is 0 Å². The van der Waals surface area contributed by atoms with E-state index in [1.54, 1.807) is 14.0 Å². The molecule has 0 aliphatic rings. The highest BCUT2D eigenvalue weighted by Gasteiger charge is 1.95. The standard InChI is InChI=1S/C6H12O.C3H7NO/c1-5(2)4-6(3)7;1-3(5)4-2/h5H,4H2,1-3H3;1-2H3,(H,4,5). The molecule has 0 unspecified atom stereocenters. The minimum Gasteiger partial charge on any atom is -0.359 e. The van der Waals surface area contributed by atoms with Gasteiger partial charge < -0.3 is 10.1 Å². The number of rotatable bonds is 2. The second-order valence-corrected chi connectivity index (χ2v) is 3.11. The van der Waals surface area contributed by atoms with Gasteiger partial charge in [0.25, 0.3) is 0 Å². The summed E-state index contributed by atoms with van der Waals surface area (Å²) in [6.07, 6.45) is 0.722. The normalized spacial score (nSPS) is 8.50. The van der Waals surface area contributed by atoms with E-state index in [1.807, 2.05) is 13.8 Å². The number of carbonyl (C=O) groups is 2. The zero-order chi connectivity index (χ0) is 10.1. The van der Waals surface area contributed by atoms with Crippen LogP contribution in [0.4, 0.5) is 0 Å². The molecule has 0 aromatic carbocycles. The minimum atomic E-state index is 0.00463. The highest BCUT2D eigenvalue weighted by Crippen LogP contribution is 1.97. The lowest BCUT2D eigenvalue weighted by molar-refractivity contribution is -0.119. The minimum absolute atomic E-state index is 0.00463. The van der Waals surface area contributed by atoms with Crippen molar-refractivity contribution in [1.82, 2.24) is 5.32 Å². The highest BCUT2D eigenvalue weighted by atomic mass is 16.1. The topological polar surface area (TPSA) is 46.2 Å². The van der Waals surface area contributed by atoms with Gasteiger partial charge in [0.2, 0.25) is 5.91 Å². The van der Waals surface area contributed by atoms with E-state index < -0.39 is 0 Å². The summed E-state index contributed by atoms with van der Waals surface area (Å²) in [4.78, 5) is 20.0. The summed E-state index contributed by atoms with van der Waals surface area (Å²) in [6.45, 7) is 7.18. The molecule has 3 heteroatoms. The SMILES string of the molecule is CC(=O)CC(C)C.CNC(C)=O. The summed E-state index contributed by atoms with van der Waals surface area (Å²) in [5.41, 5.74) is 0. The van der Waals surface area contributed by atoms with Crippen LogP contribution in [0.15, 0.2) is 0 Å². The van der Waals surface area contributed by atoms with Crippen molar-refractivity contribution >= 4 is 11.7 Å². The van der Waals surface area contributed by atoms with Gasteiger partial charge in [-0.15, -0.1) is 0 Å². The fourth-order valence-electron chi connectivity index (χ4n) is 0.575. The molecule has 12 heavy (non-hydrogen) atoms. The molecule has 0 aromatic heterocycles. The number of carbonyl (C=O) groups excluding carboxylic acids is 2. The van der Waals surface area contributed by atoms with Crippen LogP contribution in [0.1, 0.15) is 34.1 Å². The van der Waals surface area contributed by atoms with Crippen molar-refractivity contribution in [2.45, 2.75) is 34.1 Å². The summed E-state index contributed by atoms with van der Waals surface area (Å²) in [6, 6.07) is 0. The number of nitrogens with one attached hydrogen (secondary N) is 1. The largest absolute Gasteiger partial charge is 0.359 e. The summed E-state index contributed by atoms with van der Waals surface area (Å²) in [5.74, 6) is 0.817. The molecule has 0 fully saturated rings. The Hall–Kier alpha value is -0.860. The monoisotopic (exact) mass is 173 g/mol. The molecule has 72 valence electrons. The number of hydrogen-bond acceptors (Lipinski definition) is 2. The first-order valence-corrected chi connectivity index (χ1v) is 4.07. The van der Waals surface area contributed by atoms with Crippen LogP contribution in [0.3, 0.4) is 0 Å². The maximum Gasteiger partial charge on any atom is 0.216 e. The molecule has 0 saturated carbocycles. The fourth-order valence-corrected chi connectivity index (χ4v) is 0.575. The van der Waals surface area contributed by atoms with Crippen LogP contribution in [0.2, 0.25) is 0 Å². The first kappa shape index (κ1) is 13.7. The lowest BCUT2D eigenvalue weighted by Crippen LogP contribution is -2.11. The van der Waals surface area contributed by atoms with E-state index in [-0.39, 0.29) is 11.7 Å². The highest BCUT2D eigenvalue weighted by molar-refractivity contribution is 5.75. The van der Waals surface area contributed by atoms with Gasteiger partial charge in [-0.05, 0) is 12.8 Å². The average molecular weight is 173 g/mol. The van der Waals surface area contributed by atoms with Gasteiger partial charge in [-0.25, -0.2) is 0 Å². The van der Waals surface area contributed by atoms with Crippen molar-refractivity contribution in [3.8, 4) is 0 Å². The van der Waals surface area contributed by atoms with Gasteiger partial charge in [-0.2, -0.15) is 0 Å². The van der Waals surface area contributed by atoms with Gasteiger partial charge in [-0.1, -0.05) is 13.8 Å². The third kappa shape index (κ3) is 22.9. The Labute approximate surface area is 74.5 Å². The Kier molecular flexibility index (Phi) is 9.41. The van der Waals surface area contributed by atoms with Gasteiger partial charge in [0.15, 0.2) is 0 Å². The molecular weight excluding hydrogens is 154 g/mol. The second-order valence-electron chi connectivity index (χ2n) is 3.11. The fraction of sp³-hybridized carbons (Fsp3) is 0.778. The van der Waals surface area contributed by atoms with E-state index >= 15 is 0 Å². The third-order valence-electron chi connectivity index (χ3n) is 1.05. The Balaban J connectivity index is 0. The first-order valence-electron chi connectivity index (χ1n) is 4.07. The second kappa shape index (κ2) is 8.24. The quantitative estimate of drug-likeness (QED) is 0.685. The van der Waals surface area contributed by atoms with E-state index in [0.29, 0.717) is 5.92 Å². The lowest BCUT2D eigenvalue weighted by atomic mass is 10.1. The molecule has 0 rings (SSSR count). The Morgan fingerprint density at radius 2 is 1.58 bits per heavy atom. The summed E-state index contributed by atoms with van der Waals surface area (Å²) < 4.78 is 0. The number of hydrogen-bond donors (Lipinski definition) is 1. The van der Waals surface area contributed by atoms with Crippen molar-refractivity contribution in [2.75, 3.05) is 7.05 Å². The smallest absolute Gasteiger partial charge is 0.216 e. The Bertz CT molecular complexity index is 141. The number of amides is 1. The maximum absolute atomic E-state index is 10.3. The van der Waals surface area contributed by atoms with E-state index in [0.717, 1.165) is 6.42 Å². The van der Waals surface area contributed by atoms with Gasteiger partial charge in [0, 0.05) is 20.4 Å². The lowest BCUT2D eigenvalue weighted by Gasteiger charge is -1.95. The van der Waals surface area contributed by atoms with Crippen molar-refractivity contribution in [3.63, 3.8) is 0 Å². The molecule has 0 spiro atoms. The van der Waals surface area contributed by atoms with Gasteiger partial charge in [0.1, 0.15) is 5.78 Å². The molecule has 0 saturated heterocycles. The molecule has 0 bridgehead atoms. The van der Waals surface area contributed by atoms with Gasteiger partial charge >= 0.3 is 0 Å². The molecule has 0 heterocycles. The van der Waals surface area contributed by atoms with Crippen molar-refractivity contribution in [1.29, 1.82) is 0 Å².